The smallest absolute Gasteiger partial charge is 0.434 e. The first-order chi connectivity index (χ1) is 15.7. The molecule has 0 radical (unpaired) electrons. The summed E-state index contributed by atoms with van der Waals surface area (Å²) in [5.41, 5.74) is 0.286. The van der Waals surface area contributed by atoms with Crippen LogP contribution in [0, 0.1) is 0 Å². The van der Waals surface area contributed by atoms with E-state index >= 15 is 0 Å². The molecule has 2 aromatic heterocycles. The molecule has 1 aliphatic heterocycles. The fourth-order valence-corrected chi connectivity index (χ4v) is 3.89. The molecule has 12 heteroatoms. The molecule has 0 aliphatic carbocycles. The minimum Gasteiger partial charge on any atom is -0.467 e. The summed E-state index contributed by atoms with van der Waals surface area (Å²) in [6, 6.07) is 4.06. The van der Waals surface area contributed by atoms with E-state index in [0.29, 0.717) is 17.1 Å². The molecule has 33 heavy (non-hydrogen) atoms. The molecular formula is C21H22F3N7O2. The van der Waals surface area contributed by atoms with Gasteiger partial charge in [-0.05, 0) is 26.0 Å². The van der Waals surface area contributed by atoms with Crippen LogP contribution in [0.4, 0.5) is 24.7 Å². The second-order valence-corrected chi connectivity index (χ2v) is 7.86. The van der Waals surface area contributed by atoms with Crippen LogP contribution in [0.2, 0.25) is 0 Å². The maximum Gasteiger partial charge on any atom is 0.434 e. The van der Waals surface area contributed by atoms with Crippen LogP contribution in [0.1, 0.15) is 29.9 Å². The number of carbonyl (C=O) groups excluding carboxylic acids is 1. The number of piperazine rings is 1. The van der Waals surface area contributed by atoms with Gasteiger partial charge in [-0.2, -0.15) is 18.2 Å². The lowest BCUT2D eigenvalue weighted by Gasteiger charge is -2.38. The topological polar surface area (TPSA) is 105 Å². The molecule has 3 aromatic rings. The number of aromatic nitrogens is 4. The van der Waals surface area contributed by atoms with Gasteiger partial charge < -0.3 is 20.3 Å². The Morgan fingerprint density at radius 3 is 2.45 bits per heavy atom. The minimum atomic E-state index is -4.62. The number of ether oxygens (including phenoxy) is 1. The van der Waals surface area contributed by atoms with E-state index in [0.717, 1.165) is 25.0 Å². The Hall–Kier alpha value is -3.54. The Morgan fingerprint density at radius 2 is 1.85 bits per heavy atom. The lowest BCUT2D eigenvalue weighted by Crippen LogP contribution is -2.54. The Labute approximate surface area is 187 Å². The SMILES string of the molecule is COc1ncc2c(N3C[C@@H](C)N[C@@H](C)C3)ccc(C(=O)Nc3cnc(C(F)(F)F)cn3)c2n1. The lowest BCUT2D eigenvalue weighted by atomic mass is 10.0. The van der Waals surface area contributed by atoms with E-state index in [-0.39, 0.29) is 29.5 Å². The highest BCUT2D eigenvalue weighted by atomic mass is 19.4. The number of methoxy groups -OCH3 is 1. The number of nitrogens with one attached hydrogen (secondary N) is 2. The van der Waals surface area contributed by atoms with Crippen molar-refractivity contribution < 1.29 is 22.7 Å². The van der Waals surface area contributed by atoms with Crippen molar-refractivity contribution in [2.24, 2.45) is 0 Å². The number of hydrogen-bond donors (Lipinski definition) is 2. The van der Waals surface area contributed by atoms with Crippen molar-refractivity contribution in [1.82, 2.24) is 25.3 Å². The van der Waals surface area contributed by atoms with E-state index < -0.39 is 17.8 Å². The molecule has 0 spiro atoms. The number of alkyl halides is 3. The van der Waals surface area contributed by atoms with Gasteiger partial charge in [-0.25, -0.2) is 15.0 Å². The number of rotatable bonds is 4. The molecule has 1 fully saturated rings. The van der Waals surface area contributed by atoms with E-state index in [1.165, 1.54) is 7.11 Å². The highest BCUT2D eigenvalue weighted by Gasteiger charge is 2.33. The van der Waals surface area contributed by atoms with Gasteiger partial charge in [0.05, 0.1) is 30.6 Å². The fraction of sp³-hybridized carbons (Fsp3) is 0.381. The van der Waals surface area contributed by atoms with Crippen molar-refractivity contribution in [3.05, 3.63) is 42.0 Å². The third kappa shape index (κ3) is 4.80. The Kier molecular flexibility index (Phi) is 6.02. The van der Waals surface area contributed by atoms with Gasteiger partial charge in [0.1, 0.15) is 0 Å². The van der Waals surface area contributed by atoms with Crippen LogP contribution in [0.15, 0.2) is 30.7 Å². The highest BCUT2D eigenvalue weighted by molar-refractivity contribution is 6.13. The molecule has 2 atom stereocenters. The molecule has 0 unspecified atom stereocenters. The Balaban J connectivity index is 1.69. The Bertz CT molecular complexity index is 1160. The molecule has 2 N–H and O–H groups in total. The third-order valence-electron chi connectivity index (χ3n) is 5.21. The van der Waals surface area contributed by atoms with Crippen LogP contribution >= 0.6 is 0 Å². The highest BCUT2D eigenvalue weighted by Crippen LogP contribution is 2.31. The summed E-state index contributed by atoms with van der Waals surface area (Å²) in [5, 5.41) is 6.61. The van der Waals surface area contributed by atoms with Gasteiger partial charge in [0, 0.05) is 42.4 Å². The molecule has 0 saturated carbocycles. The van der Waals surface area contributed by atoms with Gasteiger partial charge in [-0.1, -0.05) is 0 Å². The summed E-state index contributed by atoms with van der Waals surface area (Å²) in [4.78, 5) is 30.7. The van der Waals surface area contributed by atoms with Crippen molar-refractivity contribution in [2.45, 2.75) is 32.1 Å². The molecular weight excluding hydrogens is 439 g/mol. The molecule has 174 valence electrons. The van der Waals surface area contributed by atoms with Gasteiger partial charge in [-0.15, -0.1) is 0 Å². The molecule has 1 aliphatic rings. The molecule has 4 rings (SSSR count). The number of carbonyl (C=O) groups is 1. The normalized spacial score (nSPS) is 18.9. The molecule has 1 aromatic carbocycles. The van der Waals surface area contributed by atoms with Gasteiger partial charge in [-0.3, -0.25) is 4.79 Å². The monoisotopic (exact) mass is 461 g/mol. The van der Waals surface area contributed by atoms with Crippen molar-refractivity contribution in [3.63, 3.8) is 0 Å². The number of amides is 1. The first-order valence-electron chi connectivity index (χ1n) is 10.2. The molecule has 9 nitrogen and oxygen atoms in total. The summed E-state index contributed by atoms with van der Waals surface area (Å²) < 4.78 is 43.3. The summed E-state index contributed by atoms with van der Waals surface area (Å²) in [6.07, 6.45) is -1.60. The van der Waals surface area contributed by atoms with Crippen LogP contribution in [0.3, 0.4) is 0 Å². The summed E-state index contributed by atoms with van der Waals surface area (Å²) in [5.74, 6) is -0.709. The van der Waals surface area contributed by atoms with Crippen LogP contribution in [0.25, 0.3) is 10.9 Å². The molecule has 1 saturated heterocycles. The van der Waals surface area contributed by atoms with E-state index in [2.05, 4.69) is 49.3 Å². The number of benzene rings is 1. The fourth-order valence-electron chi connectivity index (χ4n) is 3.89. The average molecular weight is 461 g/mol. The quantitative estimate of drug-likeness (QED) is 0.611. The molecule has 3 heterocycles. The number of hydrogen-bond acceptors (Lipinski definition) is 8. The number of anilines is 2. The number of nitrogens with zero attached hydrogens (tertiary/aromatic N) is 5. The van der Waals surface area contributed by atoms with E-state index in [9.17, 15) is 18.0 Å². The zero-order chi connectivity index (χ0) is 23.8. The van der Waals surface area contributed by atoms with Gasteiger partial charge >= 0.3 is 12.2 Å². The minimum absolute atomic E-state index is 0.0880. The summed E-state index contributed by atoms with van der Waals surface area (Å²) in [7, 11) is 1.42. The number of halogens is 3. The maximum absolute atomic E-state index is 13.0. The molecule has 1 amide bonds. The zero-order valence-electron chi connectivity index (χ0n) is 18.1. The van der Waals surface area contributed by atoms with E-state index in [1.807, 2.05) is 6.07 Å². The van der Waals surface area contributed by atoms with Crippen molar-refractivity contribution in [2.75, 3.05) is 30.4 Å². The van der Waals surface area contributed by atoms with Crippen LogP contribution in [0.5, 0.6) is 6.01 Å². The first kappa shape index (κ1) is 22.6. The largest absolute Gasteiger partial charge is 0.467 e. The van der Waals surface area contributed by atoms with Crippen molar-refractivity contribution >= 4 is 28.3 Å². The van der Waals surface area contributed by atoms with Crippen LogP contribution in [-0.2, 0) is 6.18 Å². The van der Waals surface area contributed by atoms with E-state index in [4.69, 9.17) is 4.74 Å². The zero-order valence-corrected chi connectivity index (χ0v) is 18.1. The summed E-state index contributed by atoms with van der Waals surface area (Å²) in [6.45, 7) is 5.71. The van der Waals surface area contributed by atoms with Crippen LogP contribution < -0.4 is 20.3 Å². The van der Waals surface area contributed by atoms with Gasteiger partial charge in [0.15, 0.2) is 11.5 Å². The second kappa shape index (κ2) is 8.77. The third-order valence-corrected chi connectivity index (χ3v) is 5.21. The maximum atomic E-state index is 13.0. The van der Waals surface area contributed by atoms with Crippen LogP contribution in [-0.4, -0.2) is 58.1 Å². The number of fused-ring (bicyclic) bond motifs is 1. The van der Waals surface area contributed by atoms with E-state index in [1.54, 1.807) is 12.3 Å². The van der Waals surface area contributed by atoms with Crippen molar-refractivity contribution in [1.29, 1.82) is 0 Å². The van der Waals surface area contributed by atoms with Gasteiger partial charge in [0.2, 0.25) is 0 Å². The Morgan fingerprint density at radius 1 is 1.12 bits per heavy atom. The second-order valence-electron chi connectivity index (χ2n) is 7.86. The van der Waals surface area contributed by atoms with Gasteiger partial charge in [0.25, 0.3) is 5.91 Å². The lowest BCUT2D eigenvalue weighted by molar-refractivity contribution is -0.141. The first-order valence-corrected chi connectivity index (χ1v) is 10.2. The average Bonchev–Trinajstić information content (AvgIpc) is 2.77. The predicted molar refractivity (Wildman–Crippen MR) is 115 cm³/mol. The summed E-state index contributed by atoms with van der Waals surface area (Å²) >= 11 is 0. The molecule has 0 bridgehead atoms. The van der Waals surface area contributed by atoms with Crippen molar-refractivity contribution in [3.8, 4) is 6.01 Å². The standard InChI is InChI=1S/C21H22F3N7O2/c1-11-9-31(10-12(2)28-11)15-5-4-13(18-14(15)6-27-20(30-18)33-3)19(32)29-17-8-25-16(7-26-17)21(22,23)24/h4-8,11-12,28H,9-10H2,1-3H3,(H,26,29,32)/t11-,12+. The predicted octanol–water partition coefficient (Wildman–Crippen LogP) is 2.89.